The average Bonchev–Trinajstić information content (AvgIpc) is 2.56. The fourth-order valence-corrected chi connectivity index (χ4v) is 2.51. The van der Waals surface area contributed by atoms with Crippen LogP contribution < -0.4 is 0 Å². The maximum absolute atomic E-state index is 10.9. The Hall–Kier alpha value is -2.46. The van der Waals surface area contributed by atoms with Gasteiger partial charge in [0.25, 0.3) is 5.69 Å². The first kappa shape index (κ1) is 13.5. The summed E-state index contributed by atoms with van der Waals surface area (Å²) >= 11 is 0. The van der Waals surface area contributed by atoms with Gasteiger partial charge in [-0.3, -0.25) is 10.1 Å². The Morgan fingerprint density at radius 1 is 1.10 bits per heavy atom. The molecular weight excluding hydrogens is 266 g/mol. The van der Waals surface area contributed by atoms with E-state index in [1.54, 1.807) is 12.1 Å². The molecule has 0 spiro atoms. The average molecular weight is 281 g/mol. The Labute approximate surface area is 122 Å². The van der Waals surface area contributed by atoms with E-state index in [4.69, 9.17) is 4.74 Å². The van der Waals surface area contributed by atoms with E-state index in [0.717, 1.165) is 12.0 Å². The Morgan fingerprint density at radius 2 is 1.90 bits per heavy atom. The lowest BCUT2D eigenvalue weighted by atomic mass is 9.96. The molecule has 0 aliphatic carbocycles. The molecule has 1 heterocycles. The van der Waals surface area contributed by atoms with Gasteiger partial charge in [-0.2, -0.15) is 0 Å². The zero-order valence-corrected chi connectivity index (χ0v) is 11.4. The number of nitro groups is 1. The number of rotatable bonds is 3. The standard InChI is InChI=1S/C17H15NO3/c19-18(20)16-8-4-7-15(11-16)17-12-14(9-10-21-17)13-5-2-1-3-6-13/h1-8,11-12,17H,9-10H2. The number of hydrogen-bond acceptors (Lipinski definition) is 3. The van der Waals surface area contributed by atoms with E-state index in [1.165, 1.54) is 17.2 Å². The summed E-state index contributed by atoms with van der Waals surface area (Å²) < 4.78 is 5.75. The molecule has 21 heavy (non-hydrogen) atoms. The first-order valence-electron chi connectivity index (χ1n) is 6.86. The number of ether oxygens (including phenoxy) is 1. The summed E-state index contributed by atoms with van der Waals surface area (Å²) in [6.45, 7) is 0.619. The summed E-state index contributed by atoms with van der Waals surface area (Å²) in [6.07, 6.45) is 2.68. The van der Waals surface area contributed by atoms with E-state index in [-0.39, 0.29) is 16.7 Å². The summed E-state index contributed by atoms with van der Waals surface area (Å²) in [6, 6.07) is 16.8. The molecule has 4 heteroatoms. The van der Waals surface area contributed by atoms with Gasteiger partial charge in [-0.05, 0) is 29.2 Å². The van der Waals surface area contributed by atoms with E-state index in [1.807, 2.05) is 24.3 Å². The zero-order valence-electron chi connectivity index (χ0n) is 11.4. The Bertz CT molecular complexity index is 679. The van der Waals surface area contributed by atoms with Crippen molar-refractivity contribution >= 4 is 11.3 Å². The monoisotopic (exact) mass is 281 g/mol. The van der Waals surface area contributed by atoms with E-state index < -0.39 is 0 Å². The molecule has 1 aliphatic rings. The van der Waals surface area contributed by atoms with Gasteiger partial charge >= 0.3 is 0 Å². The van der Waals surface area contributed by atoms with Crippen molar-refractivity contribution in [3.05, 3.63) is 81.9 Å². The van der Waals surface area contributed by atoms with Crippen LogP contribution in [0.5, 0.6) is 0 Å². The van der Waals surface area contributed by atoms with Gasteiger partial charge < -0.3 is 4.74 Å². The molecule has 0 fully saturated rings. The molecule has 1 unspecified atom stereocenters. The zero-order chi connectivity index (χ0) is 14.7. The van der Waals surface area contributed by atoms with Gasteiger partial charge in [0.2, 0.25) is 0 Å². The SMILES string of the molecule is O=[N+]([O-])c1cccc(C2C=C(c3ccccc3)CCO2)c1. The van der Waals surface area contributed by atoms with Crippen LogP contribution in [0.2, 0.25) is 0 Å². The molecule has 3 rings (SSSR count). The van der Waals surface area contributed by atoms with Gasteiger partial charge in [0.15, 0.2) is 0 Å². The van der Waals surface area contributed by atoms with Crippen molar-refractivity contribution in [1.82, 2.24) is 0 Å². The first-order chi connectivity index (χ1) is 10.2. The lowest BCUT2D eigenvalue weighted by Gasteiger charge is -2.22. The fraction of sp³-hybridized carbons (Fsp3) is 0.176. The van der Waals surface area contributed by atoms with Crippen LogP contribution in [0, 0.1) is 10.1 Å². The van der Waals surface area contributed by atoms with Crippen LogP contribution in [0.4, 0.5) is 5.69 Å². The number of benzene rings is 2. The third kappa shape index (κ3) is 3.01. The molecule has 2 aromatic rings. The lowest BCUT2D eigenvalue weighted by molar-refractivity contribution is -0.385. The summed E-state index contributed by atoms with van der Waals surface area (Å²) in [5.74, 6) is 0. The molecule has 0 bridgehead atoms. The Morgan fingerprint density at radius 3 is 2.67 bits per heavy atom. The van der Waals surface area contributed by atoms with Crippen molar-refractivity contribution in [2.45, 2.75) is 12.5 Å². The molecule has 0 radical (unpaired) electrons. The van der Waals surface area contributed by atoms with E-state index in [9.17, 15) is 10.1 Å². The Balaban J connectivity index is 1.92. The van der Waals surface area contributed by atoms with Gasteiger partial charge in [-0.25, -0.2) is 0 Å². The molecule has 0 saturated carbocycles. The topological polar surface area (TPSA) is 52.4 Å². The summed E-state index contributed by atoms with van der Waals surface area (Å²) in [7, 11) is 0. The maximum Gasteiger partial charge on any atom is 0.269 e. The molecule has 0 aromatic heterocycles. The van der Waals surface area contributed by atoms with Gasteiger partial charge in [0.1, 0.15) is 6.10 Å². The first-order valence-corrected chi connectivity index (χ1v) is 6.86. The van der Waals surface area contributed by atoms with Crippen molar-refractivity contribution in [1.29, 1.82) is 0 Å². The van der Waals surface area contributed by atoms with Crippen LogP contribution in [0.1, 0.15) is 23.7 Å². The van der Waals surface area contributed by atoms with Gasteiger partial charge in [-0.1, -0.05) is 42.5 Å². The van der Waals surface area contributed by atoms with Gasteiger partial charge in [0.05, 0.1) is 11.5 Å². The summed E-state index contributed by atoms with van der Waals surface area (Å²) in [5, 5.41) is 10.9. The minimum absolute atomic E-state index is 0.0938. The minimum atomic E-state index is -0.381. The second-order valence-electron chi connectivity index (χ2n) is 4.95. The smallest absolute Gasteiger partial charge is 0.269 e. The normalized spacial score (nSPS) is 18.1. The van der Waals surface area contributed by atoms with E-state index in [2.05, 4.69) is 18.2 Å². The highest BCUT2D eigenvalue weighted by Gasteiger charge is 2.18. The van der Waals surface area contributed by atoms with Gasteiger partial charge in [0, 0.05) is 12.1 Å². The quantitative estimate of drug-likeness (QED) is 0.627. The predicted octanol–water partition coefficient (Wildman–Crippen LogP) is 4.14. The maximum atomic E-state index is 10.9. The minimum Gasteiger partial charge on any atom is -0.369 e. The number of nitro benzene ring substituents is 1. The van der Waals surface area contributed by atoms with Crippen LogP contribution >= 0.6 is 0 Å². The molecule has 0 amide bonds. The molecule has 0 saturated heterocycles. The summed E-state index contributed by atoms with van der Waals surface area (Å²) in [4.78, 5) is 10.5. The van der Waals surface area contributed by atoms with E-state index >= 15 is 0 Å². The highest BCUT2D eigenvalue weighted by molar-refractivity contribution is 5.67. The summed E-state index contributed by atoms with van der Waals surface area (Å²) in [5.41, 5.74) is 3.31. The number of nitrogens with zero attached hydrogens (tertiary/aromatic N) is 1. The van der Waals surface area contributed by atoms with Crippen LogP contribution in [0.15, 0.2) is 60.7 Å². The van der Waals surface area contributed by atoms with Gasteiger partial charge in [-0.15, -0.1) is 0 Å². The Kier molecular flexibility index (Phi) is 3.79. The van der Waals surface area contributed by atoms with Crippen molar-refractivity contribution in [2.24, 2.45) is 0 Å². The second kappa shape index (κ2) is 5.89. The van der Waals surface area contributed by atoms with Crippen molar-refractivity contribution in [2.75, 3.05) is 6.61 Å². The largest absolute Gasteiger partial charge is 0.369 e. The molecule has 1 aliphatic heterocycles. The lowest BCUT2D eigenvalue weighted by Crippen LogP contribution is -2.10. The van der Waals surface area contributed by atoms with Crippen LogP contribution in [0.25, 0.3) is 5.57 Å². The highest BCUT2D eigenvalue weighted by Crippen LogP contribution is 2.32. The molecule has 0 N–H and O–H groups in total. The molecule has 106 valence electrons. The van der Waals surface area contributed by atoms with Crippen molar-refractivity contribution in [3.63, 3.8) is 0 Å². The van der Waals surface area contributed by atoms with Crippen LogP contribution in [-0.2, 0) is 4.74 Å². The fourth-order valence-electron chi connectivity index (χ4n) is 2.51. The highest BCUT2D eigenvalue weighted by atomic mass is 16.6. The third-order valence-electron chi connectivity index (χ3n) is 3.58. The van der Waals surface area contributed by atoms with Crippen molar-refractivity contribution in [3.8, 4) is 0 Å². The molecule has 2 aromatic carbocycles. The van der Waals surface area contributed by atoms with Crippen molar-refractivity contribution < 1.29 is 9.66 Å². The second-order valence-corrected chi connectivity index (χ2v) is 4.95. The van der Waals surface area contributed by atoms with Crippen LogP contribution in [-0.4, -0.2) is 11.5 Å². The number of non-ortho nitro benzene ring substituents is 1. The van der Waals surface area contributed by atoms with Crippen LogP contribution in [0.3, 0.4) is 0 Å². The number of hydrogen-bond donors (Lipinski definition) is 0. The van der Waals surface area contributed by atoms with E-state index in [0.29, 0.717) is 6.61 Å². The predicted molar refractivity (Wildman–Crippen MR) is 80.8 cm³/mol. The molecule has 1 atom stereocenters. The molecule has 4 nitrogen and oxygen atoms in total. The molecular formula is C17H15NO3. The third-order valence-corrected chi connectivity index (χ3v) is 3.58.